The highest BCUT2D eigenvalue weighted by molar-refractivity contribution is 5.41. The molecule has 1 atom stereocenters. The molecule has 0 fully saturated rings. The molecule has 2 aromatic rings. The summed E-state index contributed by atoms with van der Waals surface area (Å²) in [7, 11) is 0. The largest absolute Gasteiger partial charge is 0.493 e. The van der Waals surface area contributed by atoms with Gasteiger partial charge in [-0.1, -0.05) is 49.4 Å². The summed E-state index contributed by atoms with van der Waals surface area (Å²) < 4.78 is 5.89. The maximum Gasteiger partial charge on any atom is 0.122 e. The van der Waals surface area contributed by atoms with Gasteiger partial charge in [-0.15, -0.1) is 0 Å². The first-order valence-electron chi connectivity index (χ1n) is 7.73. The van der Waals surface area contributed by atoms with E-state index in [1.54, 1.807) is 0 Å². The summed E-state index contributed by atoms with van der Waals surface area (Å²) in [6.45, 7) is 4.92. The number of benzene rings is 2. The van der Waals surface area contributed by atoms with Gasteiger partial charge >= 0.3 is 0 Å². The molecule has 2 aromatic carbocycles. The van der Waals surface area contributed by atoms with Crippen molar-refractivity contribution < 1.29 is 4.74 Å². The van der Waals surface area contributed by atoms with E-state index in [9.17, 15) is 0 Å². The van der Waals surface area contributed by atoms with Crippen LogP contribution in [0.5, 0.6) is 5.75 Å². The van der Waals surface area contributed by atoms with Crippen LogP contribution in [0.25, 0.3) is 0 Å². The highest BCUT2D eigenvalue weighted by Gasteiger charge is 2.08. The molecule has 0 heterocycles. The van der Waals surface area contributed by atoms with Gasteiger partial charge < -0.3 is 10.5 Å². The van der Waals surface area contributed by atoms with Crippen molar-refractivity contribution in [1.29, 1.82) is 0 Å². The third-order valence-corrected chi connectivity index (χ3v) is 3.38. The van der Waals surface area contributed by atoms with Gasteiger partial charge in [-0.3, -0.25) is 0 Å². The molecule has 0 radical (unpaired) electrons. The van der Waals surface area contributed by atoms with Crippen molar-refractivity contribution in [2.75, 3.05) is 6.61 Å². The molecular formula is C19H25NO. The standard InChI is InChI=1S/C19H25NO/c1-3-11-21-19-10-9-17(12-15(2)20)14-18(19)13-16-7-5-4-6-8-16/h4-10,14-15H,3,11-13,20H2,1-2H3. The van der Waals surface area contributed by atoms with E-state index in [0.717, 1.165) is 31.6 Å². The van der Waals surface area contributed by atoms with E-state index in [-0.39, 0.29) is 6.04 Å². The third-order valence-electron chi connectivity index (χ3n) is 3.38. The predicted molar refractivity (Wildman–Crippen MR) is 88.8 cm³/mol. The lowest BCUT2D eigenvalue weighted by molar-refractivity contribution is 0.314. The fraction of sp³-hybridized carbons (Fsp3) is 0.368. The minimum Gasteiger partial charge on any atom is -0.493 e. The van der Waals surface area contributed by atoms with Crippen LogP contribution in [-0.2, 0) is 12.8 Å². The molecule has 21 heavy (non-hydrogen) atoms. The quantitative estimate of drug-likeness (QED) is 0.835. The lowest BCUT2D eigenvalue weighted by Gasteiger charge is -2.14. The fourth-order valence-corrected chi connectivity index (χ4v) is 2.44. The van der Waals surface area contributed by atoms with Crippen molar-refractivity contribution in [2.45, 2.75) is 39.2 Å². The predicted octanol–water partition coefficient (Wildman–Crippen LogP) is 3.96. The van der Waals surface area contributed by atoms with Crippen molar-refractivity contribution in [3.8, 4) is 5.75 Å². The van der Waals surface area contributed by atoms with Crippen molar-refractivity contribution in [3.05, 3.63) is 65.2 Å². The zero-order valence-corrected chi connectivity index (χ0v) is 13.0. The molecule has 0 spiro atoms. The summed E-state index contributed by atoms with van der Waals surface area (Å²) in [5, 5.41) is 0. The van der Waals surface area contributed by atoms with Gasteiger partial charge in [0.15, 0.2) is 0 Å². The number of hydrogen-bond acceptors (Lipinski definition) is 2. The summed E-state index contributed by atoms with van der Waals surface area (Å²) in [5.41, 5.74) is 9.74. The van der Waals surface area contributed by atoms with Gasteiger partial charge in [0.1, 0.15) is 5.75 Å². The van der Waals surface area contributed by atoms with Gasteiger partial charge in [-0.2, -0.15) is 0 Å². The Hall–Kier alpha value is -1.80. The molecule has 0 saturated carbocycles. The van der Waals surface area contributed by atoms with Gasteiger partial charge in [0.05, 0.1) is 6.61 Å². The molecule has 1 unspecified atom stereocenters. The van der Waals surface area contributed by atoms with Crippen molar-refractivity contribution in [2.24, 2.45) is 5.73 Å². The van der Waals surface area contributed by atoms with E-state index < -0.39 is 0 Å². The van der Waals surface area contributed by atoms with Crippen LogP contribution in [0.15, 0.2) is 48.5 Å². The van der Waals surface area contributed by atoms with Crippen molar-refractivity contribution in [1.82, 2.24) is 0 Å². The Morgan fingerprint density at radius 3 is 2.48 bits per heavy atom. The molecule has 0 bridgehead atoms. The maximum atomic E-state index is 5.91. The lowest BCUT2D eigenvalue weighted by Crippen LogP contribution is -2.17. The lowest BCUT2D eigenvalue weighted by atomic mass is 9.99. The monoisotopic (exact) mass is 283 g/mol. The molecule has 0 aliphatic heterocycles. The van der Waals surface area contributed by atoms with Crippen LogP contribution < -0.4 is 10.5 Å². The molecule has 0 amide bonds. The molecule has 2 rings (SSSR count). The van der Waals surface area contributed by atoms with E-state index in [2.05, 4.69) is 49.4 Å². The topological polar surface area (TPSA) is 35.2 Å². The third kappa shape index (κ3) is 4.91. The van der Waals surface area contributed by atoms with Gasteiger partial charge in [0.2, 0.25) is 0 Å². The number of nitrogens with two attached hydrogens (primary N) is 1. The van der Waals surface area contributed by atoms with E-state index in [1.807, 2.05) is 13.0 Å². The minimum absolute atomic E-state index is 0.178. The maximum absolute atomic E-state index is 5.91. The summed E-state index contributed by atoms with van der Waals surface area (Å²) in [6.07, 6.45) is 2.81. The second kappa shape index (κ2) is 7.84. The Kier molecular flexibility index (Phi) is 5.82. The molecule has 2 nitrogen and oxygen atoms in total. The second-order valence-electron chi connectivity index (χ2n) is 5.63. The first-order chi connectivity index (χ1) is 10.2. The number of hydrogen-bond donors (Lipinski definition) is 1. The number of ether oxygens (including phenoxy) is 1. The Balaban J connectivity index is 2.24. The van der Waals surface area contributed by atoms with Gasteiger partial charge in [0.25, 0.3) is 0 Å². The van der Waals surface area contributed by atoms with Crippen molar-refractivity contribution in [3.63, 3.8) is 0 Å². The Morgan fingerprint density at radius 1 is 1.05 bits per heavy atom. The first kappa shape index (κ1) is 15.6. The molecule has 0 saturated heterocycles. The van der Waals surface area contributed by atoms with Crippen molar-refractivity contribution >= 4 is 0 Å². The Labute approximate surface area is 127 Å². The minimum atomic E-state index is 0.178. The van der Waals surface area contributed by atoms with E-state index in [1.165, 1.54) is 16.7 Å². The molecule has 2 N–H and O–H groups in total. The fourth-order valence-electron chi connectivity index (χ4n) is 2.44. The van der Waals surface area contributed by atoms with Crippen LogP contribution in [0, 0.1) is 0 Å². The molecule has 0 aliphatic carbocycles. The van der Waals surface area contributed by atoms with Gasteiger partial charge in [-0.25, -0.2) is 0 Å². The summed E-state index contributed by atoms with van der Waals surface area (Å²) in [5.74, 6) is 0.995. The molecule has 0 aliphatic rings. The zero-order valence-electron chi connectivity index (χ0n) is 13.0. The SMILES string of the molecule is CCCOc1ccc(CC(C)N)cc1Cc1ccccc1. The average molecular weight is 283 g/mol. The molecule has 2 heteroatoms. The van der Waals surface area contributed by atoms with E-state index in [0.29, 0.717) is 0 Å². The van der Waals surface area contributed by atoms with Crippen LogP contribution in [0.2, 0.25) is 0 Å². The van der Waals surface area contributed by atoms with Gasteiger partial charge in [0, 0.05) is 12.5 Å². The molecule has 0 aromatic heterocycles. The van der Waals surface area contributed by atoms with Crippen LogP contribution in [0.4, 0.5) is 0 Å². The van der Waals surface area contributed by atoms with E-state index in [4.69, 9.17) is 10.5 Å². The van der Waals surface area contributed by atoms with E-state index >= 15 is 0 Å². The zero-order chi connectivity index (χ0) is 15.1. The Bertz CT molecular complexity index is 549. The van der Waals surface area contributed by atoms with Gasteiger partial charge in [-0.05, 0) is 42.5 Å². The smallest absolute Gasteiger partial charge is 0.122 e. The normalized spacial score (nSPS) is 12.1. The van der Waals surface area contributed by atoms with Crippen LogP contribution in [0.3, 0.4) is 0 Å². The number of rotatable bonds is 7. The highest BCUT2D eigenvalue weighted by atomic mass is 16.5. The molecular weight excluding hydrogens is 258 g/mol. The average Bonchev–Trinajstić information content (AvgIpc) is 2.47. The Morgan fingerprint density at radius 2 is 1.81 bits per heavy atom. The first-order valence-corrected chi connectivity index (χ1v) is 7.73. The highest BCUT2D eigenvalue weighted by Crippen LogP contribution is 2.24. The second-order valence-corrected chi connectivity index (χ2v) is 5.63. The summed E-state index contributed by atoms with van der Waals surface area (Å²) >= 11 is 0. The summed E-state index contributed by atoms with van der Waals surface area (Å²) in [6, 6.07) is 17.1. The van der Waals surface area contributed by atoms with Crippen LogP contribution in [0.1, 0.15) is 37.0 Å². The molecule has 112 valence electrons. The summed E-state index contributed by atoms with van der Waals surface area (Å²) in [4.78, 5) is 0. The van der Waals surface area contributed by atoms with Crippen LogP contribution >= 0.6 is 0 Å². The van der Waals surface area contributed by atoms with Crippen LogP contribution in [-0.4, -0.2) is 12.6 Å².